The Kier molecular flexibility index (Phi) is 4.21. The maximum absolute atomic E-state index is 5.33. The molecule has 0 aromatic carbocycles. The maximum Gasteiger partial charge on any atom is 0.170 e. The van der Waals surface area contributed by atoms with Crippen LogP contribution in [0.15, 0.2) is 0 Å². The monoisotopic (exact) mass is 272 g/mol. The zero-order chi connectivity index (χ0) is 7.40. The third-order valence-electron chi connectivity index (χ3n) is 1.30. The molecule has 1 atom stereocenters. The van der Waals surface area contributed by atoms with Crippen molar-refractivity contribution in [3.05, 3.63) is 0 Å². The van der Waals surface area contributed by atoms with Gasteiger partial charge in [0.25, 0.3) is 0 Å². The lowest BCUT2D eigenvalue weighted by Crippen LogP contribution is -2.33. The molecule has 0 aliphatic carbocycles. The van der Waals surface area contributed by atoms with Gasteiger partial charge in [0.1, 0.15) is 0 Å². The Morgan fingerprint density at radius 3 is 2.50 bits per heavy atom. The fraction of sp³-hybridized carbons (Fsp3) is 1.00. The molecule has 0 spiro atoms. The lowest BCUT2D eigenvalue weighted by Gasteiger charge is -2.25. The summed E-state index contributed by atoms with van der Waals surface area (Å²) in [7, 11) is 0. The van der Waals surface area contributed by atoms with E-state index in [1.54, 1.807) is 0 Å². The molecule has 2 nitrogen and oxygen atoms in total. The molecule has 4 heteroatoms. The number of hydrogen-bond donors (Lipinski definition) is 0. The first-order valence-corrected chi connectivity index (χ1v) is 5.31. The van der Waals surface area contributed by atoms with Gasteiger partial charge in [-0.15, -0.1) is 0 Å². The van der Waals surface area contributed by atoms with E-state index in [9.17, 15) is 0 Å². The molecular formula is C6H10Br2O2. The number of alkyl halides is 2. The van der Waals surface area contributed by atoms with Gasteiger partial charge < -0.3 is 9.47 Å². The summed E-state index contributed by atoms with van der Waals surface area (Å²) in [5.74, 6) is 0. The average Bonchev–Trinajstić information content (AvgIpc) is 2.05. The van der Waals surface area contributed by atoms with Gasteiger partial charge in [-0.1, -0.05) is 31.9 Å². The Balaban J connectivity index is 2.24. The van der Waals surface area contributed by atoms with Gasteiger partial charge in [-0.25, -0.2) is 0 Å². The number of ether oxygens (including phenoxy) is 2. The lowest BCUT2D eigenvalue weighted by atomic mass is 10.4. The fourth-order valence-corrected chi connectivity index (χ4v) is 1.40. The van der Waals surface area contributed by atoms with E-state index in [2.05, 4.69) is 31.9 Å². The van der Waals surface area contributed by atoms with E-state index in [0.29, 0.717) is 0 Å². The largest absolute Gasteiger partial charge is 0.351 e. The van der Waals surface area contributed by atoms with Crippen LogP contribution in [0.4, 0.5) is 0 Å². The van der Waals surface area contributed by atoms with Gasteiger partial charge in [-0.05, 0) is 6.42 Å². The van der Waals surface area contributed by atoms with Crippen molar-refractivity contribution in [2.45, 2.75) is 17.5 Å². The standard InChI is InChI=1S/C6H10Br2O2/c7-4-5(8)6-9-2-1-3-10-6/h5-6H,1-4H2/t5-/m1/s1. The van der Waals surface area contributed by atoms with Crippen molar-refractivity contribution in [2.24, 2.45) is 0 Å². The molecule has 1 aliphatic rings. The van der Waals surface area contributed by atoms with Gasteiger partial charge in [-0.3, -0.25) is 0 Å². The summed E-state index contributed by atoms with van der Waals surface area (Å²) in [5.41, 5.74) is 0. The quantitative estimate of drug-likeness (QED) is 0.716. The van der Waals surface area contributed by atoms with E-state index in [1.165, 1.54) is 0 Å². The number of rotatable bonds is 2. The van der Waals surface area contributed by atoms with Crippen LogP contribution in [0.2, 0.25) is 0 Å². The molecule has 0 radical (unpaired) electrons. The molecule has 1 heterocycles. The SMILES string of the molecule is BrC[C@@H](Br)C1OCCCO1. The van der Waals surface area contributed by atoms with Gasteiger partial charge in [0, 0.05) is 5.33 Å². The summed E-state index contributed by atoms with van der Waals surface area (Å²) < 4.78 is 10.7. The van der Waals surface area contributed by atoms with Crippen molar-refractivity contribution in [2.75, 3.05) is 18.5 Å². The third-order valence-corrected chi connectivity index (χ3v) is 3.62. The van der Waals surface area contributed by atoms with Crippen molar-refractivity contribution >= 4 is 31.9 Å². The number of halogens is 2. The van der Waals surface area contributed by atoms with Gasteiger partial charge in [-0.2, -0.15) is 0 Å². The maximum atomic E-state index is 5.33. The molecule has 0 aromatic rings. The topological polar surface area (TPSA) is 18.5 Å². The molecular weight excluding hydrogens is 264 g/mol. The van der Waals surface area contributed by atoms with E-state index < -0.39 is 0 Å². The molecule has 1 saturated heterocycles. The highest BCUT2D eigenvalue weighted by Gasteiger charge is 2.21. The minimum absolute atomic E-state index is 0.0619. The average molecular weight is 274 g/mol. The smallest absolute Gasteiger partial charge is 0.170 e. The third kappa shape index (κ3) is 2.49. The molecule has 0 bridgehead atoms. The van der Waals surface area contributed by atoms with E-state index >= 15 is 0 Å². The van der Waals surface area contributed by atoms with Gasteiger partial charge in [0.05, 0.1) is 18.0 Å². The predicted molar refractivity (Wildman–Crippen MR) is 46.8 cm³/mol. The summed E-state index contributed by atoms with van der Waals surface area (Å²) in [6, 6.07) is 0. The summed E-state index contributed by atoms with van der Waals surface area (Å²) in [6.07, 6.45) is 0.950. The second kappa shape index (κ2) is 4.70. The second-order valence-electron chi connectivity index (χ2n) is 2.13. The van der Waals surface area contributed by atoms with E-state index in [0.717, 1.165) is 25.0 Å². The van der Waals surface area contributed by atoms with Crippen LogP contribution in [0.5, 0.6) is 0 Å². The number of hydrogen-bond acceptors (Lipinski definition) is 2. The fourth-order valence-electron chi connectivity index (χ4n) is 0.788. The molecule has 1 aliphatic heterocycles. The Morgan fingerprint density at radius 1 is 1.40 bits per heavy atom. The Labute approximate surface area is 77.5 Å². The van der Waals surface area contributed by atoms with Gasteiger partial charge in [0.2, 0.25) is 0 Å². The molecule has 60 valence electrons. The zero-order valence-corrected chi connectivity index (χ0v) is 8.73. The van der Waals surface area contributed by atoms with Gasteiger partial charge >= 0.3 is 0 Å². The molecule has 0 saturated carbocycles. The van der Waals surface area contributed by atoms with Crippen LogP contribution in [0.1, 0.15) is 6.42 Å². The second-order valence-corrected chi connectivity index (χ2v) is 3.96. The summed E-state index contributed by atoms with van der Waals surface area (Å²) in [5, 5.41) is 0.859. The Hall–Kier alpha value is 0.880. The minimum Gasteiger partial charge on any atom is -0.351 e. The van der Waals surface area contributed by atoms with Crippen LogP contribution >= 0.6 is 31.9 Å². The van der Waals surface area contributed by atoms with E-state index in [-0.39, 0.29) is 11.1 Å². The van der Waals surface area contributed by atoms with Crippen molar-refractivity contribution in [3.8, 4) is 0 Å². The molecule has 1 fully saturated rings. The highest BCUT2D eigenvalue weighted by Crippen LogP contribution is 2.16. The highest BCUT2D eigenvalue weighted by molar-refractivity contribution is 9.12. The van der Waals surface area contributed by atoms with Crippen LogP contribution in [0.3, 0.4) is 0 Å². The summed E-state index contributed by atoms with van der Waals surface area (Å²) in [6.45, 7) is 1.64. The molecule has 0 unspecified atom stereocenters. The zero-order valence-electron chi connectivity index (χ0n) is 5.56. The van der Waals surface area contributed by atoms with E-state index in [1.807, 2.05) is 0 Å². The highest BCUT2D eigenvalue weighted by atomic mass is 79.9. The minimum atomic E-state index is -0.0619. The molecule has 1 rings (SSSR count). The Morgan fingerprint density at radius 2 is 2.00 bits per heavy atom. The van der Waals surface area contributed by atoms with Crippen LogP contribution in [-0.4, -0.2) is 29.7 Å². The van der Waals surface area contributed by atoms with Crippen LogP contribution in [0, 0.1) is 0 Å². The molecule has 0 N–H and O–H groups in total. The van der Waals surface area contributed by atoms with Crippen LogP contribution in [0.25, 0.3) is 0 Å². The first-order valence-electron chi connectivity index (χ1n) is 3.28. The van der Waals surface area contributed by atoms with Crippen molar-refractivity contribution in [3.63, 3.8) is 0 Å². The van der Waals surface area contributed by atoms with Crippen LogP contribution in [-0.2, 0) is 9.47 Å². The lowest BCUT2D eigenvalue weighted by molar-refractivity contribution is -0.174. The van der Waals surface area contributed by atoms with Crippen LogP contribution < -0.4 is 0 Å². The molecule has 10 heavy (non-hydrogen) atoms. The normalized spacial score (nSPS) is 24.6. The van der Waals surface area contributed by atoms with Crippen molar-refractivity contribution in [1.29, 1.82) is 0 Å². The van der Waals surface area contributed by atoms with Gasteiger partial charge in [0.15, 0.2) is 6.29 Å². The summed E-state index contributed by atoms with van der Waals surface area (Å²) in [4.78, 5) is 0.271. The van der Waals surface area contributed by atoms with Crippen molar-refractivity contribution in [1.82, 2.24) is 0 Å². The predicted octanol–water partition coefficient (Wildman–Crippen LogP) is 1.91. The Bertz CT molecular complexity index is 93.7. The summed E-state index contributed by atoms with van der Waals surface area (Å²) >= 11 is 6.78. The van der Waals surface area contributed by atoms with Crippen molar-refractivity contribution < 1.29 is 9.47 Å². The first-order chi connectivity index (χ1) is 4.84. The molecule has 0 aromatic heterocycles. The van der Waals surface area contributed by atoms with E-state index in [4.69, 9.17) is 9.47 Å². The molecule has 0 amide bonds. The first kappa shape index (κ1) is 8.97.